The van der Waals surface area contributed by atoms with Crippen molar-refractivity contribution in [3.05, 3.63) is 65.3 Å². The van der Waals surface area contributed by atoms with Crippen molar-refractivity contribution in [2.45, 2.75) is 51.1 Å². The van der Waals surface area contributed by atoms with Crippen LogP contribution in [0.15, 0.2) is 37.1 Å². The van der Waals surface area contributed by atoms with Gasteiger partial charge in [0.2, 0.25) is 0 Å². The van der Waals surface area contributed by atoms with Gasteiger partial charge in [0.05, 0.1) is 42.2 Å². The van der Waals surface area contributed by atoms with Crippen molar-refractivity contribution in [1.82, 2.24) is 35.8 Å². The summed E-state index contributed by atoms with van der Waals surface area (Å²) in [6.07, 6.45) is 12.1. The average Bonchev–Trinajstić information content (AvgIpc) is 3.49. The number of nitrogens with zero attached hydrogens (tertiary/aromatic N) is 3. The fourth-order valence-electron chi connectivity index (χ4n) is 3.84. The molecule has 0 aliphatic heterocycles. The molecule has 4 N–H and O–H groups in total. The largest absolute Gasteiger partial charge is 0.348 e. The molecule has 30 heavy (non-hydrogen) atoms. The van der Waals surface area contributed by atoms with Gasteiger partial charge in [-0.25, -0.2) is 4.98 Å². The lowest BCUT2D eigenvalue weighted by atomic mass is 9.85. The molecule has 0 unspecified atom stereocenters. The Bertz CT molecular complexity index is 990. The van der Waals surface area contributed by atoms with Crippen molar-refractivity contribution < 1.29 is 9.59 Å². The summed E-state index contributed by atoms with van der Waals surface area (Å²) in [5.41, 5.74) is 3.59. The van der Waals surface area contributed by atoms with Crippen LogP contribution in [0.4, 0.5) is 0 Å². The molecule has 1 aliphatic carbocycles. The number of pyridine rings is 1. The molecule has 0 spiro atoms. The molecular weight excluding hydrogens is 382 g/mol. The highest BCUT2D eigenvalue weighted by Gasteiger charge is 2.23. The van der Waals surface area contributed by atoms with E-state index in [1.54, 1.807) is 12.4 Å². The van der Waals surface area contributed by atoms with Crippen molar-refractivity contribution in [1.29, 1.82) is 0 Å². The smallest absolute Gasteiger partial charge is 0.269 e. The minimum absolute atomic E-state index is 0.129. The van der Waals surface area contributed by atoms with Gasteiger partial charge in [-0.3, -0.25) is 19.7 Å². The third kappa shape index (κ3) is 4.73. The SMILES string of the molecule is O=C(NCc1cc(CNC(=O)c2cn[nH]c2C2CCCCC2)ccn1)c1cnc[nH]1. The van der Waals surface area contributed by atoms with E-state index in [1.807, 2.05) is 12.1 Å². The standard InChI is InChI=1S/C21H25N7O2/c29-20(17-11-27-28-19(17)15-4-2-1-3-5-15)24-9-14-6-7-23-16(8-14)10-25-21(30)18-12-22-13-26-18/h6-8,11-13,15H,1-5,9-10H2,(H,22,26)(H,24,29)(H,25,30)(H,27,28). The molecular formula is C21H25N7O2. The number of hydrogen-bond donors (Lipinski definition) is 4. The Labute approximate surface area is 174 Å². The van der Waals surface area contributed by atoms with Gasteiger partial charge in [-0.1, -0.05) is 19.3 Å². The first-order chi connectivity index (χ1) is 14.7. The van der Waals surface area contributed by atoms with E-state index < -0.39 is 0 Å². The van der Waals surface area contributed by atoms with Crippen LogP contribution in [0.1, 0.15) is 75.8 Å². The van der Waals surface area contributed by atoms with Crippen LogP contribution in [0.2, 0.25) is 0 Å². The summed E-state index contributed by atoms with van der Waals surface area (Å²) >= 11 is 0. The minimum Gasteiger partial charge on any atom is -0.348 e. The topological polar surface area (TPSA) is 128 Å². The van der Waals surface area contributed by atoms with Crippen LogP contribution in [0.5, 0.6) is 0 Å². The molecule has 3 heterocycles. The fraction of sp³-hybridized carbons (Fsp3) is 0.381. The average molecular weight is 407 g/mol. The Morgan fingerprint density at radius 2 is 1.90 bits per heavy atom. The van der Waals surface area contributed by atoms with Gasteiger partial charge in [0.1, 0.15) is 5.69 Å². The number of H-pyrrole nitrogens is 2. The van der Waals surface area contributed by atoms with E-state index >= 15 is 0 Å². The van der Waals surface area contributed by atoms with Gasteiger partial charge in [-0.15, -0.1) is 0 Å². The maximum atomic E-state index is 12.7. The van der Waals surface area contributed by atoms with Crippen LogP contribution in [0, 0.1) is 0 Å². The van der Waals surface area contributed by atoms with Crippen molar-refractivity contribution in [3.8, 4) is 0 Å². The van der Waals surface area contributed by atoms with E-state index in [9.17, 15) is 9.59 Å². The van der Waals surface area contributed by atoms with Gasteiger partial charge in [0.15, 0.2) is 0 Å². The van der Waals surface area contributed by atoms with Crippen LogP contribution in [0.3, 0.4) is 0 Å². The zero-order valence-corrected chi connectivity index (χ0v) is 16.6. The quantitative estimate of drug-likeness (QED) is 0.478. The van der Waals surface area contributed by atoms with E-state index in [-0.39, 0.29) is 18.4 Å². The number of carbonyl (C=O) groups excluding carboxylic acids is 2. The Morgan fingerprint density at radius 3 is 2.70 bits per heavy atom. The van der Waals surface area contributed by atoms with Crippen molar-refractivity contribution in [2.24, 2.45) is 0 Å². The molecule has 0 aromatic carbocycles. The first-order valence-electron chi connectivity index (χ1n) is 10.2. The molecule has 2 amide bonds. The Hall–Kier alpha value is -3.49. The number of amides is 2. The Balaban J connectivity index is 1.33. The highest BCUT2D eigenvalue weighted by atomic mass is 16.2. The number of hydrogen-bond acceptors (Lipinski definition) is 5. The summed E-state index contributed by atoms with van der Waals surface area (Å²) in [5, 5.41) is 12.9. The van der Waals surface area contributed by atoms with Gasteiger partial charge in [-0.05, 0) is 30.5 Å². The molecule has 0 radical (unpaired) electrons. The summed E-state index contributed by atoms with van der Waals surface area (Å²) in [6.45, 7) is 0.658. The summed E-state index contributed by atoms with van der Waals surface area (Å²) in [4.78, 5) is 35.6. The zero-order valence-electron chi connectivity index (χ0n) is 16.6. The molecule has 4 rings (SSSR count). The first-order valence-corrected chi connectivity index (χ1v) is 10.2. The van der Waals surface area contributed by atoms with E-state index in [2.05, 4.69) is 35.8 Å². The molecule has 0 atom stereocenters. The zero-order chi connectivity index (χ0) is 20.8. The maximum absolute atomic E-state index is 12.7. The van der Waals surface area contributed by atoms with E-state index in [0.717, 1.165) is 24.1 Å². The molecule has 0 saturated heterocycles. The third-order valence-electron chi connectivity index (χ3n) is 5.43. The highest BCUT2D eigenvalue weighted by Crippen LogP contribution is 2.33. The van der Waals surface area contributed by atoms with Crippen LogP contribution >= 0.6 is 0 Å². The summed E-state index contributed by atoms with van der Waals surface area (Å²) in [7, 11) is 0. The van der Waals surface area contributed by atoms with Gasteiger partial charge in [0, 0.05) is 18.7 Å². The van der Waals surface area contributed by atoms with Gasteiger partial charge < -0.3 is 15.6 Å². The summed E-state index contributed by atoms with van der Waals surface area (Å²) in [5.74, 6) is 0.00597. The second-order valence-electron chi connectivity index (χ2n) is 7.52. The molecule has 156 valence electrons. The number of imidazole rings is 1. The summed E-state index contributed by atoms with van der Waals surface area (Å²) < 4.78 is 0. The third-order valence-corrected chi connectivity index (χ3v) is 5.43. The number of carbonyl (C=O) groups is 2. The first kappa shape index (κ1) is 19.8. The molecule has 1 fully saturated rings. The molecule has 9 nitrogen and oxygen atoms in total. The van der Waals surface area contributed by atoms with Crippen molar-refractivity contribution in [3.63, 3.8) is 0 Å². The molecule has 3 aromatic rings. The predicted octanol–water partition coefficient (Wildman–Crippen LogP) is 2.44. The highest BCUT2D eigenvalue weighted by molar-refractivity contribution is 5.95. The number of rotatable bonds is 7. The van der Waals surface area contributed by atoms with Crippen LogP contribution in [0.25, 0.3) is 0 Å². The minimum atomic E-state index is -0.247. The number of nitrogens with one attached hydrogen (secondary N) is 4. The van der Waals surface area contributed by atoms with Crippen LogP contribution in [-0.2, 0) is 13.1 Å². The molecule has 9 heteroatoms. The number of aromatic nitrogens is 5. The summed E-state index contributed by atoms with van der Waals surface area (Å²) in [6, 6.07) is 3.71. The maximum Gasteiger partial charge on any atom is 0.269 e. The predicted molar refractivity (Wildman–Crippen MR) is 110 cm³/mol. The van der Waals surface area contributed by atoms with Gasteiger partial charge >= 0.3 is 0 Å². The molecule has 3 aromatic heterocycles. The number of aromatic amines is 2. The van der Waals surface area contributed by atoms with Gasteiger partial charge in [0.25, 0.3) is 11.8 Å². The van der Waals surface area contributed by atoms with Gasteiger partial charge in [-0.2, -0.15) is 5.10 Å². The normalized spacial score (nSPS) is 14.4. The Kier molecular flexibility index (Phi) is 6.17. The molecule has 0 bridgehead atoms. The van der Waals surface area contributed by atoms with E-state index in [0.29, 0.717) is 29.4 Å². The molecule has 1 aliphatic rings. The molecule has 1 saturated carbocycles. The van der Waals surface area contributed by atoms with E-state index in [1.165, 1.54) is 31.8 Å². The monoisotopic (exact) mass is 407 g/mol. The Morgan fingerprint density at radius 1 is 1.07 bits per heavy atom. The van der Waals surface area contributed by atoms with Crippen molar-refractivity contribution >= 4 is 11.8 Å². The van der Waals surface area contributed by atoms with Crippen molar-refractivity contribution in [2.75, 3.05) is 0 Å². The lowest BCUT2D eigenvalue weighted by Crippen LogP contribution is -2.25. The fourth-order valence-corrected chi connectivity index (χ4v) is 3.84. The van der Waals surface area contributed by atoms with E-state index in [4.69, 9.17) is 0 Å². The lowest BCUT2D eigenvalue weighted by molar-refractivity contribution is 0.0940. The second kappa shape index (κ2) is 9.34. The second-order valence-corrected chi connectivity index (χ2v) is 7.52. The van der Waals surface area contributed by atoms with Crippen LogP contribution in [-0.4, -0.2) is 37.0 Å². The lowest BCUT2D eigenvalue weighted by Gasteiger charge is -2.21. The van der Waals surface area contributed by atoms with Crippen LogP contribution < -0.4 is 10.6 Å².